The number of aliphatic hydroxyl groups is 1. The molecule has 2 unspecified atom stereocenters. The van der Waals surface area contributed by atoms with Gasteiger partial charge in [0.1, 0.15) is 18.5 Å². The van der Waals surface area contributed by atoms with Crippen LogP contribution in [0.15, 0.2) is 24.3 Å². The number of amides is 1. The van der Waals surface area contributed by atoms with Gasteiger partial charge in [-0.3, -0.25) is 4.79 Å². The third-order valence-electron chi connectivity index (χ3n) is 2.87. The van der Waals surface area contributed by atoms with Crippen LogP contribution in [0, 0.1) is 0 Å². The molecule has 0 aromatic heterocycles. The van der Waals surface area contributed by atoms with E-state index in [2.05, 4.69) is 10.6 Å². The molecule has 21 heavy (non-hydrogen) atoms. The van der Waals surface area contributed by atoms with Crippen LogP contribution in [0.1, 0.15) is 20.3 Å². The van der Waals surface area contributed by atoms with Crippen LogP contribution in [0.5, 0.6) is 5.75 Å². The Morgan fingerprint density at radius 3 is 2.81 bits per heavy atom. The van der Waals surface area contributed by atoms with Gasteiger partial charge in [0.25, 0.3) is 0 Å². The van der Waals surface area contributed by atoms with Crippen molar-refractivity contribution in [3.8, 4) is 5.75 Å². The first kappa shape index (κ1) is 17.8. The fraction of sp³-hybridized carbons (Fsp3) is 0.533. The molecular formula is C15H23ClN2O3. The van der Waals surface area contributed by atoms with Crippen LogP contribution >= 0.6 is 11.6 Å². The van der Waals surface area contributed by atoms with Gasteiger partial charge in [-0.2, -0.15) is 0 Å². The average molecular weight is 315 g/mol. The molecule has 0 spiro atoms. The van der Waals surface area contributed by atoms with Crippen molar-refractivity contribution < 1.29 is 14.6 Å². The minimum Gasteiger partial charge on any atom is -0.489 e. The van der Waals surface area contributed by atoms with Crippen molar-refractivity contribution in [3.05, 3.63) is 29.3 Å². The van der Waals surface area contributed by atoms with E-state index in [1.54, 1.807) is 19.1 Å². The highest BCUT2D eigenvalue weighted by Gasteiger charge is 2.14. The highest BCUT2D eigenvalue weighted by molar-refractivity contribution is 6.32. The van der Waals surface area contributed by atoms with E-state index in [1.807, 2.05) is 19.1 Å². The lowest BCUT2D eigenvalue weighted by Crippen LogP contribution is -2.45. The number of benzene rings is 1. The smallest absolute Gasteiger partial charge is 0.236 e. The van der Waals surface area contributed by atoms with E-state index in [0.717, 1.165) is 6.42 Å². The van der Waals surface area contributed by atoms with Gasteiger partial charge in [0.05, 0.1) is 11.1 Å². The molecule has 118 valence electrons. The van der Waals surface area contributed by atoms with Crippen LogP contribution in [0.4, 0.5) is 0 Å². The van der Waals surface area contributed by atoms with Gasteiger partial charge in [-0.15, -0.1) is 0 Å². The molecule has 0 aliphatic rings. The zero-order valence-corrected chi connectivity index (χ0v) is 13.2. The second-order valence-corrected chi connectivity index (χ2v) is 5.22. The number of nitrogens with one attached hydrogen (secondary N) is 2. The molecule has 1 aromatic carbocycles. The molecule has 0 fully saturated rings. The molecule has 5 nitrogen and oxygen atoms in total. The van der Waals surface area contributed by atoms with Gasteiger partial charge in [0.2, 0.25) is 5.91 Å². The second-order valence-electron chi connectivity index (χ2n) is 4.82. The maximum atomic E-state index is 11.6. The van der Waals surface area contributed by atoms with Crippen LogP contribution in [0.2, 0.25) is 5.02 Å². The maximum absolute atomic E-state index is 11.6. The van der Waals surface area contributed by atoms with Crippen molar-refractivity contribution in [2.24, 2.45) is 0 Å². The quantitative estimate of drug-likeness (QED) is 0.647. The molecule has 0 aliphatic carbocycles. The topological polar surface area (TPSA) is 70.6 Å². The third-order valence-corrected chi connectivity index (χ3v) is 3.18. The molecule has 0 heterocycles. The molecule has 3 N–H and O–H groups in total. The Bertz CT molecular complexity index is 443. The van der Waals surface area contributed by atoms with Crippen molar-refractivity contribution in [1.82, 2.24) is 10.6 Å². The van der Waals surface area contributed by atoms with Crippen LogP contribution in [0.25, 0.3) is 0 Å². The molecule has 2 atom stereocenters. The monoisotopic (exact) mass is 314 g/mol. The predicted octanol–water partition coefficient (Wildman–Crippen LogP) is 1.58. The normalized spacial score (nSPS) is 13.5. The van der Waals surface area contributed by atoms with Gasteiger partial charge in [0, 0.05) is 13.1 Å². The molecule has 6 heteroatoms. The fourth-order valence-electron chi connectivity index (χ4n) is 1.61. The third kappa shape index (κ3) is 6.80. The highest BCUT2D eigenvalue weighted by atomic mass is 35.5. The van der Waals surface area contributed by atoms with E-state index in [1.165, 1.54) is 0 Å². The fourth-order valence-corrected chi connectivity index (χ4v) is 1.80. The number of halogens is 1. The van der Waals surface area contributed by atoms with Gasteiger partial charge in [0.15, 0.2) is 0 Å². The Morgan fingerprint density at radius 2 is 2.14 bits per heavy atom. The van der Waals surface area contributed by atoms with E-state index in [-0.39, 0.29) is 25.1 Å². The summed E-state index contributed by atoms with van der Waals surface area (Å²) in [6.45, 7) is 4.79. The molecule has 0 saturated carbocycles. The SMILES string of the molecule is CCCNC(=O)C(C)NCC(O)COc1ccccc1Cl. The summed E-state index contributed by atoms with van der Waals surface area (Å²) in [5.74, 6) is 0.461. The summed E-state index contributed by atoms with van der Waals surface area (Å²) in [4.78, 5) is 11.6. The second kappa shape index (κ2) is 9.60. The predicted molar refractivity (Wildman–Crippen MR) is 83.7 cm³/mol. The van der Waals surface area contributed by atoms with Crippen LogP contribution in [-0.4, -0.2) is 42.9 Å². The Morgan fingerprint density at radius 1 is 1.43 bits per heavy atom. The van der Waals surface area contributed by atoms with Gasteiger partial charge in [-0.1, -0.05) is 30.7 Å². The lowest BCUT2D eigenvalue weighted by Gasteiger charge is -2.17. The van der Waals surface area contributed by atoms with Crippen molar-refractivity contribution in [2.75, 3.05) is 19.7 Å². The van der Waals surface area contributed by atoms with E-state index >= 15 is 0 Å². The van der Waals surface area contributed by atoms with E-state index in [0.29, 0.717) is 17.3 Å². The molecule has 1 aromatic rings. The molecular weight excluding hydrogens is 292 g/mol. The first-order valence-corrected chi connectivity index (χ1v) is 7.48. The minimum absolute atomic E-state index is 0.0731. The number of aliphatic hydroxyl groups excluding tert-OH is 1. The Hall–Kier alpha value is -1.30. The summed E-state index contributed by atoms with van der Waals surface area (Å²) in [5.41, 5.74) is 0. The van der Waals surface area contributed by atoms with Crippen LogP contribution < -0.4 is 15.4 Å². The average Bonchev–Trinajstić information content (AvgIpc) is 2.49. The van der Waals surface area contributed by atoms with Crippen molar-refractivity contribution in [3.63, 3.8) is 0 Å². The van der Waals surface area contributed by atoms with E-state index in [4.69, 9.17) is 16.3 Å². The van der Waals surface area contributed by atoms with Gasteiger partial charge in [-0.05, 0) is 25.5 Å². The van der Waals surface area contributed by atoms with Crippen LogP contribution in [-0.2, 0) is 4.79 Å². The summed E-state index contributed by atoms with van der Waals surface area (Å²) < 4.78 is 5.43. The summed E-state index contributed by atoms with van der Waals surface area (Å²) in [7, 11) is 0. The summed E-state index contributed by atoms with van der Waals surface area (Å²) in [6.07, 6.45) is 0.176. The molecule has 0 aliphatic heterocycles. The number of hydrogen-bond donors (Lipinski definition) is 3. The zero-order valence-electron chi connectivity index (χ0n) is 12.4. The summed E-state index contributed by atoms with van der Waals surface area (Å²) >= 11 is 5.95. The lowest BCUT2D eigenvalue weighted by molar-refractivity contribution is -0.122. The lowest BCUT2D eigenvalue weighted by atomic mass is 10.2. The molecule has 0 radical (unpaired) electrons. The Kier molecular flexibility index (Phi) is 8.12. The molecule has 0 saturated heterocycles. The number of carbonyl (C=O) groups is 1. The number of carbonyl (C=O) groups excluding carboxylic acids is 1. The van der Waals surface area contributed by atoms with Crippen molar-refractivity contribution in [1.29, 1.82) is 0 Å². The standard InChI is InChI=1S/C15H23ClN2O3/c1-3-8-17-15(20)11(2)18-9-12(19)10-21-14-7-5-4-6-13(14)16/h4-7,11-12,18-19H,3,8-10H2,1-2H3,(H,17,20). The molecule has 1 rings (SSSR count). The highest BCUT2D eigenvalue weighted by Crippen LogP contribution is 2.22. The first-order chi connectivity index (χ1) is 10.0. The number of para-hydroxylation sites is 1. The Labute approximate surface area is 130 Å². The number of ether oxygens (including phenoxy) is 1. The van der Waals surface area contributed by atoms with Crippen molar-refractivity contribution >= 4 is 17.5 Å². The van der Waals surface area contributed by atoms with Crippen LogP contribution in [0.3, 0.4) is 0 Å². The largest absolute Gasteiger partial charge is 0.489 e. The van der Waals surface area contributed by atoms with Gasteiger partial charge >= 0.3 is 0 Å². The van der Waals surface area contributed by atoms with E-state index in [9.17, 15) is 9.90 Å². The Balaban J connectivity index is 2.26. The summed E-state index contributed by atoms with van der Waals surface area (Å²) in [6, 6.07) is 6.73. The van der Waals surface area contributed by atoms with E-state index < -0.39 is 6.10 Å². The van der Waals surface area contributed by atoms with Gasteiger partial charge < -0.3 is 20.5 Å². The zero-order chi connectivity index (χ0) is 15.7. The molecule has 1 amide bonds. The van der Waals surface area contributed by atoms with Gasteiger partial charge in [-0.25, -0.2) is 0 Å². The minimum atomic E-state index is -0.720. The first-order valence-electron chi connectivity index (χ1n) is 7.11. The number of hydrogen-bond acceptors (Lipinski definition) is 4. The summed E-state index contributed by atoms with van der Waals surface area (Å²) in [5, 5.41) is 16.1. The van der Waals surface area contributed by atoms with Crippen molar-refractivity contribution in [2.45, 2.75) is 32.4 Å². The number of rotatable bonds is 9. The maximum Gasteiger partial charge on any atom is 0.236 e. The molecule has 0 bridgehead atoms.